The molecule has 3 aliphatic rings. The normalized spacial score (nSPS) is 14.1. The van der Waals surface area contributed by atoms with Crippen molar-refractivity contribution >= 4 is 73.7 Å². The van der Waals surface area contributed by atoms with Gasteiger partial charge in [-0.15, -0.1) is 0 Å². The Hall–Kier alpha value is -6.56. The molecule has 3 nitrogen and oxygen atoms in total. The largest absolute Gasteiger partial charge is 0.458 e. The lowest BCUT2D eigenvalue weighted by Gasteiger charge is -2.36. The summed E-state index contributed by atoms with van der Waals surface area (Å²) in [5, 5.41) is 7.80. The van der Waals surface area contributed by atoms with E-state index >= 15 is 0 Å². The summed E-state index contributed by atoms with van der Waals surface area (Å²) in [6, 6.07) is 67.3. The molecular weight excluding hydrogens is 661 g/mol. The predicted molar refractivity (Wildman–Crippen MR) is 221 cm³/mol. The van der Waals surface area contributed by atoms with Crippen LogP contribution in [-0.4, -0.2) is 19.4 Å². The molecule has 246 valence electrons. The molecule has 0 atom stereocenters. The smallest absolute Gasteiger partial charge is 0.260 e. The van der Waals surface area contributed by atoms with Crippen LogP contribution in [0.1, 0.15) is 0 Å². The van der Waals surface area contributed by atoms with Gasteiger partial charge in [-0.1, -0.05) is 146 Å². The van der Waals surface area contributed by atoms with Crippen molar-refractivity contribution in [3.63, 3.8) is 0 Å². The van der Waals surface area contributed by atoms with Gasteiger partial charge in [-0.2, -0.15) is 0 Å². The average molecular weight is 692 g/mol. The lowest BCUT2D eigenvalue weighted by atomic mass is 9.35. The van der Waals surface area contributed by atoms with E-state index in [2.05, 4.69) is 187 Å². The van der Waals surface area contributed by atoms with Gasteiger partial charge in [0.15, 0.2) is 8.07 Å². The van der Waals surface area contributed by atoms with Crippen LogP contribution >= 0.6 is 0 Å². The topological polar surface area (TPSA) is 23.4 Å². The predicted octanol–water partition coefficient (Wildman–Crippen LogP) is 6.87. The van der Waals surface area contributed by atoms with Crippen LogP contribution in [0.25, 0.3) is 38.6 Å². The Morgan fingerprint density at radius 2 is 1.06 bits per heavy atom. The van der Waals surface area contributed by atoms with Crippen LogP contribution in [0, 0.1) is 0 Å². The number of benzene rings is 8. The highest BCUT2D eigenvalue weighted by atomic mass is 28.3. The van der Waals surface area contributed by atoms with E-state index in [-0.39, 0.29) is 6.71 Å². The van der Waals surface area contributed by atoms with Crippen molar-refractivity contribution in [2.75, 3.05) is 0 Å². The number of fused-ring (bicyclic) bond motifs is 12. The molecule has 0 radical (unpaired) electrons. The molecular formula is C48H30BNO2Si. The average Bonchev–Trinajstić information content (AvgIpc) is 3.55. The zero-order chi connectivity index (χ0) is 34.7. The standard InChI is InChI=1S/C48H30BNO2Si/c1-3-14-33(15-4-1)53(34-16-5-2-6-17-34)35-18-11-13-31(27-35)32-28-45-47-46(29-32)52-48-40(49(47)39-20-8-10-24-44(39)51-45)21-12-23-42(48)50-41-22-9-7-19-37(41)38-26-25-36(53)30-43(38)50/h1-30H. The lowest BCUT2D eigenvalue weighted by molar-refractivity contribution is 0.464. The monoisotopic (exact) mass is 691 g/mol. The number of ether oxygens (including phenoxy) is 2. The highest BCUT2D eigenvalue weighted by Crippen LogP contribution is 2.42. The van der Waals surface area contributed by atoms with Gasteiger partial charge >= 0.3 is 0 Å². The Labute approximate surface area is 308 Å². The second-order valence-electron chi connectivity index (χ2n) is 14.4. The third-order valence-electron chi connectivity index (χ3n) is 11.8. The van der Waals surface area contributed by atoms with E-state index in [1.54, 1.807) is 0 Å². The van der Waals surface area contributed by atoms with Crippen LogP contribution in [0.15, 0.2) is 182 Å². The van der Waals surface area contributed by atoms with Crippen LogP contribution in [0.5, 0.6) is 23.0 Å². The summed E-state index contributed by atoms with van der Waals surface area (Å²) in [5.74, 6) is 3.47. The molecule has 5 heteroatoms. The molecule has 0 fully saturated rings. The first-order chi connectivity index (χ1) is 26.3. The van der Waals surface area contributed by atoms with E-state index in [0.29, 0.717) is 0 Å². The number of rotatable bonds is 2. The first-order valence-electron chi connectivity index (χ1n) is 18.3. The second-order valence-corrected chi connectivity index (χ2v) is 18.2. The van der Waals surface area contributed by atoms with Gasteiger partial charge in [0.1, 0.15) is 23.0 Å². The fourth-order valence-electron chi connectivity index (χ4n) is 9.57. The summed E-state index contributed by atoms with van der Waals surface area (Å²) >= 11 is 0. The van der Waals surface area contributed by atoms with Crippen LogP contribution < -0.4 is 46.6 Å². The highest BCUT2D eigenvalue weighted by Gasteiger charge is 2.44. The summed E-state index contributed by atoms with van der Waals surface area (Å²) in [5.41, 5.74) is 8.97. The zero-order valence-corrected chi connectivity index (χ0v) is 29.7. The maximum Gasteiger partial charge on any atom is 0.260 e. The molecule has 53 heavy (non-hydrogen) atoms. The van der Waals surface area contributed by atoms with Crippen molar-refractivity contribution in [3.05, 3.63) is 182 Å². The molecule has 3 aliphatic heterocycles. The summed E-state index contributed by atoms with van der Waals surface area (Å²) in [6.07, 6.45) is 0. The third-order valence-corrected chi connectivity index (χ3v) is 16.5. The molecule has 0 spiro atoms. The maximum atomic E-state index is 7.19. The molecule has 0 aliphatic carbocycles. The van der Waals surface area contributed by atoms with Gasteiger partial charge in [0.2, 0.25) is 0 Å². The summed E-state index contributed by atoms with van der Waals surface area (Å²) in [4.78, 5) is 0. The molecule has 8 aromatic carbocycles. The van der Waals surface area contributed by atoms with E-state index in [1.165, 1.54) is 37.0 Å². The molecule has 0 saturated heterocycles. The van der Waals surface area contributed by atoms with Crippen molar-refractivity contribution < 1.29 is 9.47 Å². The molecule has 1 aromatic heterocycles. The molecule has 4 heterocycles. The number of hydrogen-bond acceptors (Lipinski definition) is 2. The van der Waals surface area contributed by atoms with Gasteiger partial charge in [0.05, 0.1) is 16.7 Å². The minimum Gasteiger partial charge on any atom is -0.458 e. The van der Waals surface area contributed by atoms with Crippen LogP contribution in [0.2, 0.25) is 0 Å². The van der Waals surface area contributed by atoms with Gasteiger partial charge in [0.25, 0.3) is 6.71 Å². The van der Waals surface area contributed by atoms with Crippen molar-refractivity contribution in [1.29, 1.82) is 0 Å². The first kappa shape index (κ1) is 29.1. The molecule has 9 aromatic rings. The fourth-order valence-corrected chi connectivity index (χ4v) is 14.4. The SMILES string of the molecule is c1ccc([Si]2(c3ccccc3)c3cccc(c3)-c3cc4c5c(c3)Oc3c(cccc3-n3c6ccccc6c6ccc2cc63)B5c2ccccc2O4)cc1. The van der Waals surface area contributed by atoms with E-state index in [4.69, 9.17) is 9.47 Å². The summed E-state index contributed by atoms with van der Waals surface area (Å²) in [6.45, 7) is -0.0261. The van der Waals surface area contributed by atoms with Gasteiger partial charge < -0.3 is 14.0 Å². The molecule has 0 N–H and O–H groups in total. The molecule has 12 rings (SSSR count). The number of para-hydroxylation sites is 3. The van der Waals surface area contributed by atoms with E-state index < -0.39 is 8.07 Å². The third kappa shape index (κ3) is 3.89. The molecule has 7 bridgehead atoms. The van der Waals surface area contributed by atoms with E-state index in [1.807, 2.05) is 0 Å². The zero-order valence-electron chi connectivity index (χ0n) is 28.7. The highest BCUT2D eigenvalue weighted by molar-refractivity contribution is 7.20. The fraction of sp³-hybridized carbons (Fsp3) is 0. The van der Waals surface area contributed by atoms with Crippen LogP contribution in [0.3, 0.4) is 0 Å². The quantitative estimate of drug-likeness (QED) is 0.185. The van der Waals surface area contributed by atoms with Crippen molar-refractivity contribution in [3.8, 4) is 39.8 Å². The van der Waals surface area contributed by atoms with E-state index in [9.17, 15) is 0 Å². The van der Waals surface area contributed by atoms with E-state index in [0.717, 1.165) is 61.7 Å². The Balaban J connectivity index is 1.30. The van der Waals surface area contributed by atoms with Crippen molar-refractivity contribution in [2.24, 2.45) is 0 Å². The summed E-state index contributed by atoms with van der Waals surface area (Å²) in [7, 11) is -2.90. The number of hydrogen-bond donors (Lipinski definition) is 0. The second kappa shape index (κ2) is 10.7. The Kier molecular flexibility index (Phi) is 5.89. The Morgan fingerprint density at radius 1 is 0.415 bits per heavy atom. The lowest BCUT2D eigenvalue weighted by Crippen LogP contribution is -2.74. The first-order valence-corrected chi connectivity index (χ1v) is 20.3. The Morgan fingerprint density at radius 3 is 1.89 bits per heavy atom. The minimum absolute atomic E-state index is 0.0261. The minimum atomic E-state index is -2.90. The molecule has 0 saturated carbocycles. The van der Waals surface area contributed by atoms with Crippen molar-refractivity contribution in [2.45, 2.75) is 0 Å². The summed E-state index contributed by atoms with van der Waals surface area (Å²) < 4.78 is 16.4. The van der Waals surface area contributed by atoms with Crippen LogP contribution in [-0.2, 0) is 0 Å². The number of aromatic nitrogens is 1. The molecule has 0 amide bonds. The molecule has 0 unspecified atom stereocenters. The van der Waals surface area contributed by atoms with Gasteiger partial charge in [-0.25, -0.2) is 0 Å². The van der Waals surface area contributed by atoms with Crippen molar-refractivity contribution in [1.82, 2.24) is 4.57 Å². The van der Waals surface area contributed by atoms with Gasteiger partial charge in [0, 0.05) is 16.2 Å². The van der Waals surface area contributed by atoms with Gasteiger partial charge in [-0.05, 0) is 79.2 Å². The van der Waals surface area contributed by atoms with Gasteiger partial charge in [-0.3, -0.25) is 0 Å². The maximum absolute atomic E-state index is 7.19. The Bertz CT molecular complexity index is 2930. The number of nitrogens with zero attached hydrogens (tertiary/aromatic N) is 1. The van der Waals surface area contributed by atoms with Crippen LogP contribution in [0.4, 0.5) is 0 Å².